The smallest absolute Gasteiger partial charge is 0.250 e. The van der Waals surface area contributed by atoms with Crippen LogP contribution >= 0.6 is 0 Å². The SMILES string of the molecule is CCCn1cc(NC(CC)COC)ccc1=O. The monoisotopic (exact) mass is 238 g/mol. The molecule has 1 rings (SSSR count). The van der Waals surface area contributed by atoms with Crippen molar-refractivity contribution >= 4 is 5.69 Å². The van der Waals surface area contributed by atoms with Gasteiger partial charge in [0.2, 0.25) is 0 Å². The third-order valence-electron chi connectivity index (χ3n) is 2.68. The van der Waals surface area contributed by atoms with E-state index in [0.717, 1.165) is 25.1 Å². The Labute approximate surface area is 103 Å². The van der Waals surface area contributed by atoms with Crippen molar-refractivity contribution in [3.8, 4) is 0 Å². The summed E-state index contributed by atoms with van der Waals surface area (Å²) in [6.45, 7) is 5.60. The second kappa shape index (κ2) is 7.12. The molecule has 1 aromatic heterocycles. The molecule has 1 heterocycles. The summed E-state index contributed by atoms with van der Waals surface area (Å²) in [5.74, 6) is 0. The molecule has 1 unspecified atom stereocenters. The zero-order valence-corrected chi connectivity index (χ0v) is 10.9. The zero-order valence-electron chi connectivity index (χ0n) is 10.9. The Morgan fingerprint density at radius 2 is 2.18 bits per heavy atom. The molecule has 0 amide bonds. The maximum absolute atomic E-state index is 11.6. The van der Waals surface area contributed by atoms with E-state index >= 15 is 0 Å². The van der Waals surface area contributed by atoms with Crippen LogP contribution in [0.25, 0.3) is 0 Å². The summed E-state index contributed by atoms with van der Waals surface area (Å²) in [6.07, 6.45) is 3.82. The first kappa shape index (κ1) is 13.8. The van der Waals surface area contributed by atoms with Crippen molar-refractivity contribution in [2.75, 3.05) is 19.0 Å². The van der Waals surface area contributed by atoms with Gasteiger partial charge < -0.3 is 14.6 Å². The summed E-state index contributed by atoms with van der Waals surface area (Å²) in [4.78, 5) is 11.6. The predicted octanol–water partition coefficient (Wildman–Crippen LogP) is 2.10. The maximum atomic E-state index is 11.6. The number of aromatic nitrogens is 1. The van der Waals surface area contributed by atoms with Crippen LogP contribution in [0.5, 0.6) is 0 Å². The molecule has 4 heteroatoms. The number of aryl methyl sites for hydroxylation is 1. The minimum atomic E-state index is 0.0530. The third-order valence-corrected chi connectivity index (χ3v) is 2.68. The lowest BCUT2D eigenvalue weighted by Crippen LogP contribution is -2.26. The van der Waals surface area contributed by atoms with Gasteiger partial charge >= 0.3 is 0 Å². The number of anilines is 1. The molecule has 0 aliphatic heterocycles. The van der Waals surface area contributed by atoms with E-state index in [-0.39, 0.29) is 11.6 Å². The van der Waals surface area contributed by atoms with Crippen LogP contribution in [0.1, 0.15) is 26.7 Å². The largest absolute Gasteiger partial charge is 0.383 e. The predicted molar refractivity (Wildman–Crippen MR) is 70.6 cm³/mol. The van der Waals surface area contributed by atoms with Gasteiger partial charge in [0, 0.05) is 32.0 Å². The second-order valence-electron chi connectivity index (χ2n) is 4.15. The summed E-state index contributed by atoms with van der Waals surface area (Å²) in [5.41, 5.74) is 1.03. The van der Waals surface area contributed by atoms with Crippen LogP contribution < -0.4 is 10.9 Å². The molecule has 1 atom stereocenters. The molecule has 17 heavy (non-hydrogen) atoms. The highest BCUT2D eigenvalue weighted by atomic mass is 16.5. The summed E-state index contributed by atoms with van der Waals surface area (Å²) >= 11 is 0. The third kappa shape index (κ3) is 4.23. The van der Waals surface area contributed by atoms with E-state index in [1.54, 1.807) is 17.7 Å². The number of nitrogens with zero attached hydrogens (tertiary/aromatic N) is 1. The molecular formula is C13H22N2O2. The minimum Gasteiger partial charge on any atom is -0.383 e. The van der Waals surface area contributed by atoms with E-state index in [9.17, 15) is 4.79 Å². The normalized spacial score (nSPS) is 12.4. The molecule has 1 aromatic rings. The van der Waals surface area contributed by atoms with E-state index in [4.69, 9.17) is 4.74 Å². The standard InChI is InChI=1S/C13H22N2O2/c1-4-8-15-9-12(6-7-13(15)16)14-11(5-2)10-17-3/h6-7,9,11,14H,4-5,8,10H2,1-3H3. The summed E-state index contributed by atoms with van der Waals surface area (Å²) < 4.78 is 6.88. The molecule has 0 aliphatic carbocycles. The Morgan fingerprint density at radius 1 is 1.41 bits per heavy atom. The topological polar surface area (TPSA) is 43.3 Å². The Balaban J connectivity index is 2.77. The number of hydrogen-bond donors (Lipinski definition) is 1. The fourth-order valence-electron chi connectivity index (χ4n) is 1.73. The second-order valence-corrected chi connectivity index (χ2v) is 4.15. The van der Waals surface area contributed by atoms with Gasteiger partial charge in [0.15, 0.2) is 0 Å². The summed E-state index contributed by atoms with van der Waals surface area (Å²) in [5, 5.41) is 3.37. The first-order valence-electron chi connectivity index (χ1n) is 6.17. The Hall–Kier alpha value is -1.29. The van der Waals surface area contributed by atoms with Gasteiger partial charge in [-0.3, -0.25) is 4.79 Å². The van der Waals surface area contributed by atoms with Gasteiger partial charge in [-0.2, -0.15) is 0 Å². The van der Waals surface area contributed by atoms with Crippen LogP contribution in [0.4, 0.5) is 5.69 Å². The fraction of sp³-hybridized carbons (Fsp3) is 0.615. The Bertz CT molecular complexity index is 387. The molecule has 0 spiro atoms. The molecule has 96 valence electrons. The van der Waals surface area contributed by atoms with Crippen molar-refractivity contribution < 1.29 is 4.74 Å². The van der Waals surface area contributed by atoms with Gasteiger partial charge in [-0.1, -0.05) is 13.8 Å². The van der Waals surface area contributed by atoms with Gasteiger partial charge in [-0.15, -0.1) is 0 Å². The van der Waals surface area contributed by atoms with Crippen LogP contribution in [-0.4, -0.2) is 24.3 Å². The molecule has 0 fully saturated rings. The first-order valence-corrected chi connectivity index (χ1v) is 6.17. The number of nitrogens with one attached hydrogen (secondary N) is 1. The minimum absolute atomic E-state index is 0.0530. The lowest BCUT2D eigenvalue weighted by Gasteiger charge is -2.18. The fourth-order valence-corrected chi connectivity index (χ4v) is 1.73. The molecule has 1 N–H and O–H groups in total. The highest BCUT2D eigenvalue weighted by Gasteiger charge is 2.06. The average Bonchev–Trinajstić information content (AvgIpc) is 2.33. The van der Waals surface area contributed by atoms with E-state index < -0.39 is 0 Å². The van der Waals surface area contributed by atoms with Crippen LogP contribution in [0.3, 0.4) is 0 Å². The molecule has 0 aliphatic rings. The number of ether oxygens (including phenoxy) is 1. The lowest BCUT2D eigenvalue weighted by atomic mass is 10.2. The summed E-state index contributed by atoms with van der Waals surface area (Å²) in [6, 6.07) is 3.72. The van der Waals surface area contributed by atoms with E-state index in [0.29, 0.717) is 6.61 Å². The molecule has 0 aromatic carbocycles. The van der Waals surface area contributed by atoms with Crippen LogP contribution in [0.2, 0.25) is 0 Å². The van der Waals surface area contributed by atoms with Crippen LogP contribution in [0.15, 0.2) is 23.1 Å². The number of hydrogen-bond acceptors (Lipinski definition) is 3. The highest BCUT2D eigenvalue weighted by Crippen LogP contribution is 2.08. The molecular weight excluding hydrogens is 216 g/mol. The van der Waals surface area contributed by atoms with Crippen LogP contribution in [-0.2, 0) is 11.3 Å². The van der Waals surface area contributed by atoms with E-state index in [1.165, 1.54) is 0 Å². The van der Waals surface area contributed by atoms with Gasteiger partial charge in [-0.05, 0) is 18.9 Å². The van der Waals surface area contributed by atoms with Crippen molar-refractivity contribution in [3.05, 3.63) is 28.7 Å². The Morgan fingerprint density at radius 3 is 2.76 bits per heavy atom. The van der Waals surface area contributed by atoms with Crippen molar-refractivity contribution in [2.24, 2.45) is 0 Å². The van der Waals surface area contributed by atoms with Crippen molar-refractivity contribution in [3.63, 3.8) is 0 Å². The molecule has 0 radical (unpaired) electrons. The van der Waals surface area contributed by atoms with Crippen LogP contribution in [0, 0.1) is 0 Å². The zero-order chi connectivity index (χ0) is 12.7. The number of methoxy groups -OCH3 is 1. The van der Waals surface area contributed by atoms with E-state index in [2.05, 4.69) is 19.2 Å². The average molecular weight is 238 g/mol. The van der Waals surface area contributed by atoms with E-state index in [1.807, 2.05) is 12.3 Å². The number of rotatable bonds is 7. The quantitative estimate of drug-likeness (QED) is 0.791. The molecule has 4 nitrogen and oxygen atoms in total. The maximum Gasteiger partial charge on any atom is 0.250 e. The van der Waals surface area contributed by atoms with Gasteiger partial charge in [0.25, 0.3) is 5.56 Å². The Kier molecular flexibility index (Phi) is 5.77. The number of pyridine rings is 1. The lowest BCUT2D eigenvalue weighted by molar-refractivity contribution is 0.184. The van der Waals surface area contributed by atoms with Crippen molar-refractivity contribution in [1.82, 2.24) is 4.57 Å². The molecule has 0 saturated heterocycles. The van der Waals surface area contributed by atoms with Crippen molar-refractivity contribution in [1.29, 1.82) is 0 Å². The highest BCUT2D eigenvalue weighted by molar-refractivity contribution is 5.41. The van der Waals surface area contributed by atoms with Crippen molar-refractivity contribution in [2.45, 2.75) is 39.3 Å². The molecule has 0 saturated carbocycles. The molecule has 0 bridgehead atoms. The van der Waals surface area contributed by atoms with Gasteiger partial charge in [0.05, 0.1) is 12.3 Å². The summed E-state index contributed by atoms with van der Waals surface area (Å²) in [7, 11) is 1.70. The van der Waals surface area contributed by atoms with Gasteiger partial charge in [-0.25, -0.2) is 0 Å². The first-order chi connectivity index (χ1) is 8.21. The van der Waals surface area contributed by atoms with Gasteiger partial charge in [0.1, 0.15) is 0 Å².